The molecule has 1 saturated heterocycles. The van der Waals surface area contributed by atoms with E-state index in [2.05, 4.69) is 23.2 Å². The van der Waals surface area contributed by atoms with Crippen molar-refractivity contribution < 1.29 is 9.53 Å². The van der Waals surface area contributed by atoms with Crippen molar-refractivity contribution in [2.75, 3.05) is 31.2 Å². The first-order chi connectivity index (χ1) is 12.7. The highest BCUT2D eigenvalue weighted by Gasteiger charge is 2.24. The van der Waals surface area contributed by atoms with Gasteiger partial charge in [0.2, 0.25) is 0 Å². The molecular weight excluding hydrogens is 326 g/mol. The number of nitrogens with zero attached hydrogens (tertiary/aromatic N) is 2. The van der Waals surface area contributed by atoms with Gasteiger partial charge in [0.15, 0.2) is 0 Å². The predicted molar refractivity (Wildman–Crippen MR) is 103 cm³/mol. The van der Waals surface area contributed by atoms with Crippen molar-refractivity contribution in [3.63, 3.8) is 0 Å². The number of amides is 1. The van der Waals surface area contributed by atoms with Crippen LogP contribution in [0.15, 0.2) is 29.8 Å². The molecule has 5 nitrogen and oxygen atoms in total. The number of benzene rings is 1. The Balaban J connectivity index is 1.66. The van der Waals surface area contributed by atoms with Gasteiger partial charge in [0.05, 0.1) is 13.2 Å². The first-order valence-electron chi connectivity index (χ1n) is 9.53. The highest BCUT2D eigenvalue weighted by molar-refractivity contribution is 6.01. The maximum absolute atomic E-state index is 12.5. The van der Waals surface area contributed by atoms with Crippen LogP contribution >= 0.6 is 0 Å². The Morgan fingerprint density at radius 3 is 2.58 bits per heavy atom. The normalized spacial score (nSPS) is 24.0. The number of hydrogen-bond acceptors (Lipinski definition) is 4. The van der Waals surface area contributed by atoms with E-state index in [1.165, 1.54) is 6.42 Å². The molecule has 2 atom stereocenters. The lowest BCUT2D eigenvalue weighted by Crippen LogP contribution is -2.41. The molecule has 0 radical (unpaired) electrons. The molecular formula is C21H27N3O2. The molecule has 1 amide bonds. The van der Waals surface area contributed by atoms with Crippen molar-refractivity contribution in [2.24, 2.45) is 5.92 Å². The number of hydrogen-bond donors (Lipinski definition) is 1. The van der Waals surface area contributed by atoms with Gasteiger partial charge in [-0.1, -0.05) is 31.9 Å². The van der Waals surface area contributed by atoms with Gasteiger partial charge in [-0.2, -0.15) is 5.26 Å². The van der Waals surface area contributed by atoms with Gasteiger partial charge in [0.1, 0.15) is 11.6 Å². The fourth-order valence-corrected chi connectivity index (χ4v) is 3.70. The van der Waals surface area contributed by atoms with E-state index in [0.717, 1.165) is 56.8 Å². The van der Waals surface area contributed by atoms with Gasteiger partial charge in [0.25, 0.3) is 5.91 Å². The van der Waals surface area contributed by atoms with Crippen LogP contribution in [0.25, 0.3) is 6.08 Å². The Bertz CT molecular complexity index is 684. The van der Waals surface area contributed by atoms with Crippen LogP contribution in [0.3, 0.4) is 0 Å². The number of anilines is 1. The average Bonchev–Trinajstić information content (AvgIpc) is 2.69. The summed E-state index contributed by atoms with van der Waals surface area (Å²) < 4.78 is 5.38. The maximum atomic E-state index is 12.5. The Morgan fingerprint density at radius 2 is 1.92 bits per heavy atom. The molecule has 1 aliphatic carbocycles. The smallest absolute Gasteiger partial charge is 0.262 e. The van der Waals surface area contributed by atoms with Gasteiger partial charge in [-0.05, 0) is 42.5 Å². The molecule has 1 heterocycles. The predicted octanol–water partition coefficient (Wildman–Crippen LogP) is 3.13. The Kier molecular flexibility index (Phi) is 6.30. The van der Waals surface area contributed by atoms with E-state index >= 15 is 0 Å². The van der Waals surface area contributed by atoms with Crippen LogP contribution in [-0.2, 0) is 9.53 Å². The second kappa shape index (κ2) is 8.86. The Labute approximate surface area is 155 Å². The lowest BCUT2D eigenvalue weighted by Gasteiger charge is -2.29. The molecule has 0 unspecified atom stereocenters. The summed E-state index contributed by atoms with van der Waals surface area (Å²) in [5.41, 5.74) is 2.18. The van der Waals surface area contributed by atoms with Gasteiger partial charge in [-0.25, -0.2) is 0 Å². The zero-order valence-electron chi connectivity index (χ0n) is 15.4. The molecule has 0 spiro atoms. The monoisotopic (exact) mass is 353 g/mol. The first kappa shape index (κ1) is 18.5. The summed E-state index contributed by atoms with van der Waals surface area (Å²) in [5, 5.41) is 12.5. The second-order valence-electron chi connectivity index (χ2n) is 7.20. The molecule has 0 bridgehead atoms. The van der Waals surface area contributed by atoms with E-state index in [0.29, 0.717) is 5.92 Å². The van der Waals surface area contributed by atoms with Crippen LogP contribution in [0.4, 0.5) is 5.69 Å². The van der Waals surface area contributed by atoms with Crippen LogP contribution in [0, 0.1) is 17.2 Å². The Hall–Kier alpha value is -2.32. The highest BCUT2D eigenvalue weighted by atomic mass is 16.5. The van der Waals surface area contributed by atoms with E-state index in [1.807, 2.05) is 24.3 Å². The van der Waals surface area contributed by atoms with Crippen molar-refractivity contribution in [3.8, 4) is 6.07 Å². The third-order valence-corrected chi connectivity index (χ3v) is 5.37. The molecule has 1 aliphatic heterocycles. The Morgan fingerprint density at radius 1 is 1.23 bits per heavy atom. The van der Waals surface area contributed by atoms with Crippen LogP contribution in [0.5, 0.6) is 0 Å². The number of carbonyl (C=O) groups excluding carboxylic acids is 1. The summed E-state index contributed by atoms with van der Waals surface area (Å²) in [5.74, 6) is 0.212. The van der Waals surface area contributed by atoms with E-state index < -0.39 is 0 Å². The lowest BCUT2D eigenvalue weighted by atomic mass is 9.86. The van der Waals surface area contributed by atoms with Gasteiger partial charge in [-0.15, -0.1) is 0 Å². The fourth-order valence-electron chi connectivity index (χ4n) is 3.70. The van der Waals surface area contributed by atoms with Gasteiger partial charge >= 0.3 is 0 Å². The molecule has 3 rings (SSSR count). The van der Waals surface area contributed by atoms with E-state index in [-0.39, 0.29) is 17.5 Å². The third-order valence-electron chi connectivity index (χ3n) is 5.37. The number of ether oxygens (including phenoxy) is 1. The molecule has 26 heavy (non-hydrogen) atoms. The average molecular weight is 353 g/mol. The van der Waals surface area contributed by atoms with Gasteiger partial charge in [0, 0.05) is 24.8 Å². The van der Waals surface area contributed by atoms with Crippen LogP contribution in [0.2, 0.25) is 0 Å². The summed E-state index contributed by atoms with van der Waals surface area (Å²) in [6, 6.07) is 10.2. The number of nitriles is 1. The second-order valence-corrected chi connectivity index (χ2v) is 7.20. The molecule has 2 fully saturated rings. The molecule has 1 N–H and O–H groups in total. The van der Waals surface area contributed by atoms with E-state index in [4.69, 9.17) is 4.74 Å². The number of morpholine rings is 1. The van der Waals surface area contributed by atoms with Crippen LogP contribution in [0.1, 0.15) is 38.2 Å². The summed E-state index contributed by atoms with van der Waals surface area (Å²) in [6.45, 7) is 5.45. The summed E-state index contributed by atoms with van der Waals surface area (Å²) in [6.07, 6.45) is 6.18. The molecule has 5 heteroatoms. The van der Waals surface area contributed by atoms with Crippen molar-refractivity contribution in [2.45, 2.75) is 38.6 Å². The lowest BCUT2D eigenvalue weighted by molar-refractivity contribution is -0.118. The van der Waals surface area contributed by atoms with Crippen molar-refractivity contribution in [3.05, 3.63) is 35.4 Å². The topological polar surface area (TPSA) is 65.4 Å². The fraction of sp³-hybridized carbons (Fsp3) is 0.524. The molecule has 0 aromatic heterocycles. The number of nitrogens with one attached hydrogen (secondary N) is 1. The maximum Gasteiger partial charge on any atom is 0.262 e. The standard InChI is InChI=1S/C21H27N3O2/c1-16-4-2-3-5-20(16)23-21(25)18(15-22)14-17-6-8-19(9-7-17)24-10-12-26-13-11-24/h6-9,14,16,20H,2-5,10-13H2,1H3,(H,23,25)/b18-14-/t16-,20+/m0/s1. The summed E-state index contributed by atoms with van der Waals surface area (Å²) >= 11 is 0. The van der Waals surface area contributed by atoms with E-state index in [9.17, 15) is 10.1 Å². The minimum Gasteiger partial charge on any atom is -0.378 e. The highest BCUT2D eigenvalue weighted by Crippen LogP contribution is 2.24. The first-order valence-corrected chi connectivity index (χ1v) is 9.53. The van der Waals surface area contributed by atoms with Gasteiger partial charge < -0.3 is 15.0 Å². The summed E-state index contributed by atoms with van der Waals surface area (Å²) in [7, 11) is 0. The van der Waals surface area contributed by atoms with E-state index in [1.54, 1.807) is 6.08 Å². The number of rotatable bonds is 4. The zero-order chi connectivity index (χ0) is 18.4. The van der Waals surface area contributed by atoms with Crippen molar-refractivity contribution in [1.82, 2.24) is 5.32 Å². The number of carbonyl (C=O) groups is 1. The van der Waals surface area contributed by atoms with Crippen molar-refractivity contribution in [1.29, 1.82) is 5.26 Å². The third kappa shape index (κ3) is 4.64. The molecule has 2 aliphatic rings. The van der Waals surface area contributed by atoms with Gasteiger partial charge in [-0.3, -0.25) is 4.79 Å². The largest absolute Gasteiger partial charge is 0.378 e. The quantitative estimate of drug-likeness (QED) is 0.667. The minimum absolute atomic E-state index is 0.168. The SMILES string of the molecule is C[C@H]1CCCC[C@H]1NC(=O)/C(C#N)=C\c1ccc(N2CCOCC2)cc1. The summed E-state index contributed by atoms with van der Waals surface area (Å²) in [4.78, 5) is 14.8. The minimum atomic E-state index is -0.261. The van der Waals surface area contributed by atoms with Crippen LogP contribution in [-0.4, -0.2) is 38.3 Å². The zero-order valence-corrected chi connectivity index (χ0v) is 15.4. The molecule has 1 saturated carbocycles. The molecule has 1 aromatic rings. The molecule has 138 valence electrons. The van der Waals surface area contributed by atoms with Crippen LogP contribution < -0.4 is 10.2 Å². The molecule has 1 aromatic carbocycles. The van der Waals surface area contributed by atoms with Crippen molar-refractivity contribution >= 4 is 17.7 Å².